The van der Waals surface area contributed by atoms with Gasteiger partial charge in [0.15, 0.2) is 0 Å². The molecule has 0 aliphatic carbocycles. The van der Waals surface area contributed by atoms with E-state index in [4.69, 9.17) is 5.11 Å². The fourth-order valence-corrected chi connectivity index (χ4v) is 0.110. The van der Waals surface area contributed by atoms with Crippen molar-refractivity contribution in [1.82, 2.24) is 0 Å². The van der Waals surface area contributed by atoms with E-state index in [1.165, 1.54) is 6.21 Å². The Morgan fingerprint density at radius 1 is 2.00 bits per heavy atom. The zero-order valence-electron chi connectivity index (χ0n) is 3.38. The number of amides is 1. The topological polar surface area (TPSA) is 49.7 Å². The maximum Gasteiger partial charge on any atom is 0.430 e. The summed E-state index contributed by atoms with van der Waals surface area (Å²) in [6.07, 6.45) is 0.0833. The van der Waals surface area contributed by atoms with Crippen LogP contribution in [0.25, 0.3) is 0 Å². The van der Waals surface area contributed by atoms with Crippen LogP contribution >= 0.6 is 0 Å². The van der Waals surface area contributed by atoms with Gasteiger partial charge in [-0.25, -0.2) is 4.79 Å². The molecule has 0 saturated carbocycles. The van der Waals surface area contributed by atoms with Crippen molar-refractivity contribution in [3.8, 4) is 0 Å². The number of nitrogens with zero attached hydrogens (tertiary/aromatic N) is 1. The normalized spacial score (nSPS) is 9.50. The minimum Gasteiger partial charge on any atom is -0.463 e. The second-order valence-electron chi connectivity index (χ2n) is 0.670. The summed E-state index contributed by atoms with van der Waals surface area (Å²) in [5.74, 6) is 0. The van der Waals surface area contributed by atoms with Crippen molar-refractivity contribution in [2.75, 3.05) is 0 Å². The summed E-state index contributed by atoms with van der Waals surface area (Å²) in [7, 11) is 0. The van der Waals surface area contributed by atoms with Gasteiger partial charge in [0.2, 0.25) is 0 Å². The third-order valence-electron chi connectivity index (χ3n) is 0.240. The van der Waals surface area contributed by atoms with Gasteiger partial charge in [-0.15, -0.1) is 0 Å². The Morgan fingerprint density at radius 2 is 2.50 bits per heavy atom. The minimum atomic E-state index is -1.14. The van der Waals surface area contributed by atoms with Crippen LogP contribution in [0.2, 0.25) is 0 Å². The zero-order valence-corrected chi connectivity index (χ0v) is 3.38. The van der Waals surface area contributed by atoms with Crippen molar-refractivity contribution >= 4 is 12.3 Å². The Labute approximate surface area is 35.3 Å². The molecule has 0 fully saturated rings. The molecule has 0 radical (unpaired) electrons. The molecule has 34 valence electrons. The molecule has 0 aliphatic heterocycles. The molecule has 0 saturated heterocycles. The van der Waals surface area contributed by atoms with E-state index in [0.717, 1.165) is 0 Å². The van der Waals surface area contributed by atoms with Crippen LogP contribution < -0.4 is 0 Å². The molecule has 0 aromatic rings. The number of hydrogen-bond acceptors (Lipinski definition) is 1. The second kappa shape index (κ2) is 2.38. The van der Waals surface area contributed by atoms with Crippen LogP contribution in [0.5, 0.6) is 0 Å². The molecule has 0 aromatic carbocycles. The first-order valence-corrected chi connectivity index (χ1v) is 1.49. The molecular formula is C3H5NO2. The van der Waals surface area contributed by atoms with Gasteiger partial charge in [0.05, 0.1) is 0 Å². The van der Waals surface area contributed by atoms with Crippen LogP contribution in [0.15, 0.2) is 4.99 Å². The lowest BCUT2D eigenvalue weighted by Crippen LogP contribution is -1.81. The monoisotopic (exact) mass is 87.0 g/mol. The van der Waals surface area contributed by atoms with Gasteiger partial charge < -0.3 is 5.11 Å². The molecule has 3 heteroatoms. The van der Waals surface area contributed by atoms with E-state index in [-0.39, 0.29) is 0 Å². The number of hydrogen-bond donors (Lipinski definition) is 1. The highest BCUT2D eigenvalue weighted by molar-refractivity contribution is 5.76. The number of carbonyl (C=O) groups is 1. The van der Waals surface area contributed by atoms with Gasteiger partial charge in [-0.1, -0.05) is 0 Å². The molecule has 6 heavy (non-hydrogen) atoms. The summed E-state index contributed by atoms with van der Waals surface area (Å²) in [4.78, 5) is 12.3. The minimum absolute atomic E-state index is 1.14. The van der Waals surface area contributed by atoms with E-state index in [2.05, 4.69) is 4.99 Å². The molecular weight excluding hydrogens is 82.0 g/mol. The van der Waals surface area contributed by atoms with Gasteiger partial charge >= 0.3 is 6.09 Å². The zero-order chi connectivity index (χ0) is 4.99. The molecule has 0 heterocycles. The van der Waals surface area contributed by atoms with Crippen LogP contribution in [0.3, 0.4) is 0 Å². The second-order valence-corrected chi connectivity index (χ2v) is 0.670. The largest absolute Gasteiger partial charge is 0.463 e. The van der Waals surface area contributed by atoms with Crippen LogP contribution in [0.4, 0.5) is 4.79 Å². The lowest BCUT2D eigenvalue weighted by Gasteiger charge is -1.69. The van der Waals surface area contributed by atoms with Crippen LogP contribution in [-0.4, -0.2) is 17.4 Å². The Morgan fingerprint density at radius 3 is 2.50 bits per heavy atom. The van der Waals surface area contributed by atoms with Gasteiger partial charge in [0.1, 0.15) is 0 Å². The van der Waals surface area contributed by atoms with Crippen LogP contribution in [0.1, 0.15) is 6.92 Å². The van der Waals surface area contributed by atoms with Crippen molar-refractivity contribution in [2.45, 2.75) is 6.92 Å². The van der Waals surface area contributed by atoms with E-state index >= 15 is 0 Å². The third kappa shape index (κ3) is 3.14. The third-order valence-corrected chi connectivity index (χ3v) is 0.240. The molecule has 0 bridgehead atoms. The Balaban J connectivity index is 3.30. The fraction of sp³-hybridized carbons (Fsp3) is 0.333. The van der Waals surface area contributed by atoms with Gasteiger partial charge in [-0.05, 0) is 6.92 Å². The Bertz CT molecular complexity index is 76.9. The summed E-state index contributed by atoms with van der Waals surface area (Å²) in [5, 5.41) is 7.72. The molecule has 0 unspecified atom stereocenters. The summed E-state index contributed by atoms with van der Waals surface area (Å²) in [6.45, 7) is 1.55. The SMILES string of the molecule is CC=NC(=O)O. The standard InChI is InChI=1S/C3H5NO2/c1-2-4-3(5)6/h2H,1H3,(H,5,6). The first-order valence-electron chi connectivity index (χ1n) is 1.49. The number of rotatable bonds is 0. The fourth-order valence-electron chi connectivity index (χ4n) is 0.110. The first-order chi connectivity index (χ1) is 2.77. The van der Waals surface area contributed by atoms with Gasteiger partial charge in [-0.2, -0.15) is 4.99 Å². The highest BCUT2D eigenvalue weighted by Crippen LogP contribution is 1.64. The van der Waals surface area contributed by atoms with E-state index in [0.29, 0.717) is 0 Å². The quantitative estimate of drug-likeness (QED) is 0.443. The molecule has 3 nitrogen and oxygen atoms in total. The van der Waals surface area contributed by atoms with Gasteiger partial charge in [0.25, 0.3) is 0 Å². The smallest absolute Gasteiger partial charge is 0.430 e. The highest BCUT2D eigenvalue weighted by atomic mass is 16.4. The van der Waals surface area contributed by atoms with E-state index in [1.54, 1.807) is 6.92 Å². The average Bonchev–Trinajstić information content (AvgIpc) is 1.35. The Hall–Kier alpha value is -0.860. The predicted molar refractivity (Wildman–Crippen MR) is 22.2 cm³/mol. The molecule has 0 aromatic heterocycles. The number of carboxylic acid groups (broad SMARTS) is 1. The van der Waals surface area contributed by atoms with Gasteiger partial charge in [-0.3, -0.25) is 0 Å². The summed E-state index contributed by atoms with van der Waals surface area (Å²) in [5.41, 5.74) is 0. The predicted octanol–water partition coefficient (Wildman–Crippen LogP) is 0.755. The summed E-state index contributed by atoms with van der Waals surface area (Å²) < 4.78 is 0. The molecule has 0 spiro atoms. The van der Waals surface area contributed by atoms with Crippen LogP contribution in [0, 0.1) is 0 Å². The van der Waals surface area contributed by atoms with Crippen molar-refractivity contribution in [2.24, 2.45) is 4.99 Å². The average molecular weight is 87.1 g/mol. The lowest BCUT2D eigenvalue weighted by molar-refractivity contribution is 0.206. The molecule has 1 amide bonds. The van der Waals surface area contributed by atoms with Crippen molar-refractivity contribution in [1.29, 1.82) is 0 Å². The van der Waals surface area contributed by atoms with Crippen molar-refractivity contribution < 1.29 is 9.90 Å². The van der Waals surface area contributed by atoms with Crippen molar-refractivity contribution in [3.63, 3.8) is 0 Å². The lowest BCUT2D eigenvalue weighted by atomic mass is 10.9. The maximum absolute atomic E-state index is 9.40. The molecule has 0 rings (SSSR count). The maximum atomic E-state index is 9.40. The van der Waals surface area contributed by atoms with E-state index in [1.807, 2.05) is 0 Å². The van der Waals surface area contributed by atoms with E-state index in [9.17, 15) is 4.79 Å². The molecule has 1 N–H and O–H groups in total. The van der Waals surface area contributed by atoms with Crippen LogP contribution in [-0.2, 0) is 0 Å². The Kier molecular flexibility index (Phi) is 2.04. The van der Waals surface area contributed by atoms with Gasteiger partial charge in [0, 0.05) is 6.21 Å². The first kappa shape index (κ1) is 5.14. The molecule has 0 aliphatic rings. The van der Waals surface area contributed by atoms with E-state index < -0.39 is 6.09 Å². The summed E-state index contributed by atoms with van der Waals surface area (Å²) in [6, 6.07) is 0. The highest BCUT2D eigenvalue weighted by Gasteiger charge is 1.78. The summed E-state index contributed by atoms with van der Waals surface area (Å²) >= 11 is 0. The molecule has 0 atom stereocenters. The van der Waals surface area contributed by atoms with Crippen molar-refractivity contribution in [3.05, 3.63) is 0 Å². The number of aliphatic imine (C=N–C) groups is 1.